The third kappa shape index (κ3) is 3.73. The Morgan fingerprint density at radius 1 is 1.19 bits per heavy atom. The van der Waals surface area contributed by atoms with Crippen LogP contribution in [0.3, 0.4) is 0 Å². The summed E-state index contributed by atoms with van der Waals surface area (Å²) in [4.78, 5) is 4.20. The third-order valence-corrected chi connectivity index (χ3v) is 5.49. The van der Waals surface area contributed by atoms with Crippen LogP contribution in [-0.2, 0) is 16.6 Å². The smallest absolute Gasteiger partial charge is 0.243 e. The number of methoxy groups -OCH3 is 1. The first-order valence-electron chi connectivity index (χ1n) is 7.59. The van der Waals surface area contributed by atoms with E-state index in [0.717, 1.165) is 16.4 Å². The molecule has 1 heterocycles. The highest BCUT2D eigenvalue weighted by Gasteiger charge is 2.23. The van der Waals surface area contributed by atoms with E-state index < -0.39 is 15.8 Å². The van der Waals surface area contributed by atoms with E-state index in [9.17, 15) is 12.8 Å². The lowest BCUT2D eigenvalue weighted by atomic mass is 10.2. The van der Waals surface area contributed by atoms with E-state index >= 15 is 0 Å². The number of aromatic nitrogens is 2. The maximum absolute atomic E-state index is 13.0. The quantitative estimate of drug-likeness (QED) is 0.657. The van der Waals surface area contributed by atoms with Crippen LogP contribution in [0.15, 0.2) is 57.9 Å². The number of sulfonamides is 1. The number of rotatable bonds is 6. The zero-order valence-corrected chi connectivity index (χ0v) is 14.9. The monoisotopic (exact) mass is 377 g/mol. The van der Waals surface area contributed by atoms with Crippen LogP contribution in [0.2, 0.25) is 0 Å². The van der Waals surface area contributed by atoms with Crippen molar-refractivity contribution >= 4 is 10.0 Å². The molecule has 0 fully saturated rings. The van der Waals surface area contributed by atoms with Crippen LogP contribution in [0.5, 0.6) is 5.75 Å². The number of halogens is 1. The predicted octanol–water partition coefficient (Wildman–Crippen LogP) is 2.71. The molecule has 1 aromatic heterocycles. The fourth-order valence-corrected chi connectivity index (χ4v) is 3.38. The molecule has 3 aromatic rings. The molecular weight excluding hydrogens is 361 g/mol. The molecule has 0 spiro atoms. The summed E-state index contributed by atoms with van der Waals surface area (Å²) < 4.78 is 49.4. The van der Waals surface area contributed by atoms with E-state index in [0.29, 0.717) is 17.1 Å². The summed E-state index contributed by atoms with van der Waals surface area (Å²) in [5, 5.41) is 3.87. The number of hydrogen-bond acceptors (Lipinski definition) is 6. The van der Waals surface area contributed by atoms with Crippen LogP contribution < -0.4 is 4.74 Å². The van der Waals surface area contributed by atoms with Crippen molar-refractivity contribution in [1.82, 2.24) is 14.4 Å². The topological polar surface area (TPSA) is 85.5 Å². The van der Waals surface area contributed by atoms with Crippen molar-refractivity contribution in [3.8, 4) is 17.1 Å². The minimum atomic E-state index is -3.80. The minimum absolute atomic E-state index is 0.0195. The summed E-state index contributed by atoms with van der Waals surface area (Å²) in [7, 11) is -0.866. The van der Waals surface area contributed by atoms with Gasteiger partial charge in [0.2, 0.25) is 21.7 Å². The van der Waals surface area contributed by atoms with Gasteiger partial charge < -0.3 is 9.26 Å². The lowest BCUT2D eigenvalue weighted by molar-refractivity contribution is 0.336. The molecule has 26 heavy (non-hydrogen) atoms. The average Bonchev–Trinajstić information content (AvgIpc) is 3.10. The summed E-state index contributed by atoms with van der Waals surface area (Å²) in [6.45, 7) is -0.114. The van der Waals surface area contributed by atoms with Crippen molar-refractivity contribution in [2.75, 3.05) is 14.2 Å². The van der Waals surface area contributed by atoms with E-state index in [1.54, 1.807) is 31.4 Å². The lowest BCUT2D eigenvalue weighted by Gasteiger charge is -2.14. The minimum Gasteiger partial charge on any atom is -0.497 e. The molecule has 7 nitrogen and oxygen atoms in total. The van der Waals surface area contributed by atoms with Gasteiger partial charge in [0.25, 0.3) is 0 Å². The normalized spacial score (nSPS) is 11.7. The Bertz CT molecular complexity index is 1000. The fourth-order valence-electron chi connectivity index (χ4n) is 2.26. The zero-order valence-electron chi connectivity index (χ0n) is 14.1. The van der Waals surface area contributed by atoms with Crippen molar-refractivity contribution in [2.45, 2.75) is 11.4 Å². The second kappa shape index (κ2) is 7.22. The second-order valence-corrected chi connectivity index (χ2v) is 7.50. The molecule has 3 rings (SSSR count). The Labute approximate surface area is 150 Å². The SMILES string of the molecule is COc1cccc(-c2noc(CN(C)S(=O)(=O)c3ccc(F)cc3)n2)c1. The molecule has 0 N–H and O–H groups in total. The molecule has 0 aliphatic carbocycles. The Kier molecular flexibility index (Phi) is 5.01. The number of hydrogen-bond donors (Lipinski definition) is 0. The van der Waals surface area contributed by atoms with Crippen LogP contribution in [-0.4, -0.2) is 37.0 Å². The highest BCUT2D eigenvalue weighted by molar-refractivity contribution is 7.89. The first-order valence-corrected chi connectivity index (χ1v) is 9.03. The lowest BCUT2D eigenvalue weighted by Crippen LogP contribution is -2.26. The van der Waals surface area contributed by atoms with Gasteiger partial charge in [0, 0.05) is 12.6 Å². The van der Waals surface area contributed by atoms with Crippen LogP contribution in [0.1, 0.15) is 5.89 Å². The van der Waals surface area contributed by atoms with Crippen molar-refractivity contribution in [3.05, 3.63) is 60.2 Å². The van der Waals surface area contributed by atoms with Crippen LogP contribution in [0.4, 0.5) is 4.39 Å². The van der Waals surface area contributed by atoms with Crippen molar-refractivity contribution in [3.63, 3.8) is 0 Å². The van der Waals surface area contributed by atoms with Crippen LogP contribution >= 0.6 is 0 Å². The van der Waals surface area contributed by atoms with Gasteiger partial charge in [-0.1, -0.05) is 17.3 Å². The second-order valence-electron chi connectivity index (χ2n) is 5.46. The highest BCUT2D eigenvalue weighted by Crippen LogP contribution is 2.22. The van der Waals surface area contributed by atoms with E-state index in [4.69, 9.17) is 9.26 Å². The van der Waals surface area contributed by atoms with E-state index in [1.165, 1.54) is 19.2 Å². The summed E-state index contributed by atoms with van der Waals surface area (Å²) >= 11 is 0. The average molecular weight is 377 g/mol. The molecule has 0 unspecified atom stereocenters. The van der Waals surface area contributed by atoms with Gasteiger partial charge in [-0.3, -0.25) is 0 Å². The molecule has 0 aliphatic heterocycles. The van der Waals surface area contributed by atoms with E-state index in [2.05, 4.69) is 10.1 Å². The molecule has 0 atom stereocenters. The number of ether oxygens (including phenoxy) is 1. The van der Waals surface area contributed by atoms with Crippen molar-refractivity contribution < 1.29 is 22.1 Å². The summed E-state index contributed by atoms with van der Waals surface area (Å²) in [6, 6.07) is 11.7. The van der Waals surface area contributed by atoms with Crippen LogP contribution in [0.25, 0.3) is 11.4 Å². The first-order chi connectivity index (χ1) is 12.4. The Hall–Kier alpha value is -2.78. The summed E-state index contributed by atoms with van der Waals surface area (Å²) in [5.41, 5.74) is 0.684. The number of benzene rings is 2. The molecule has 0 radical (unpaired) electrons. The largest absolute Gasteiger partial charge is 0.497 e. The molecular formula is C17H16FN3O4S. The van der Waals surface area contributed by atoms with Gasteiger partial charge in [-0.2, -0.15) is 9.29 Å². The van der Waals surface area contributed by atoms with Crippen molar-refractivity contribution in [2.24, 2.45) is 0 Å². The van der Waals surface area contributed by atoms with E-state index in [-0.39, 0.29) is 17.3 Å². The van der Waals surface area contributed by atoms with Gasteiger partial charge in [0.15, 0.2) is 0 Å². The van der Waals surface area contributed by atoms with E-state index in [1.807, 2.05) is 0 Å². The van der Waals surface area contributed by atoms with Gasteiger partial charge in [-0.05, 0) is 36.4 Å². The molecule has 0 amide bonds. The molecule has 0 saturated carbocycles. The van der Waals surface area contributed by atoms with Gasteiger partial charge in [0.05, 0.1) is 18.6 Å². The zero-order chi connectivity index (χ0) is 18.7. The van der Waals surface area contributed by atoms with Crippen LogP contribution in [0, 0.1) is 5.82 Å². The predicted molar refractivity (Wildman–Crippen MR) is 91.3 cm³/mol. The Morgan fingerprint density at radius 3 is 2.62 bits per heavy atom. The molecule has 9 heteroatoms. The molecule has 136 valence electrons. The third-order valence-electron chi connectivity index (χ3n) is 3.68. The van der Waals surface area contributed by atoms with Gasteiger partial charge >= 0.3 is 0 Å². The molecule has 0 bridgehead atoms. The van der Waals surface area contributed by atoms with Gasteiger partial charge in [-0.15, -0.1) is 0 Å². The van der Waals surface area contributed by atoms with Crippen molar-refractivity contribution in [1.29, 1.82) is 0 Å². The van der Waals surface area contributed by atoms with Gasteiger partial charge in [-0.25, -0.2) is 12.8 Å². The Morgan fingerprint density at radius 2 is 1.92 bits per heavy atom. The molecule has 2 aromatic carbocycles. The molecule has 0 aliphatic rings. The number of nitrogens with zero attached hydrogens (tertiary/aromatic N) is 3. The molecule has 0 saturated heterocycles. The standard InChI is InChI=1S/C17H16FN3O4S/c1-21(26(22,23)15-8-6-13(18)7-9-15)11-16-19-17(20-25-16)12-4-3-5-14(10-12)24-2/h3-10H,11H2,1-2H3. The Balaban J connectivity index is 1.79. The first kappa shape index (κ1) is 18.0. The maximum Gasteiger partial charge on any atom is 0.243 e. The summed E-state index contributed by atoms with van der Waals surface area (Å²) in [5.74, 6) is 0.596. The fraction of sp³-hybridized carbons (Fsp3) is 0.176. The maximum atomic E-state index is 13.0. The highest BCUT2D eigenvalue weighted by atomic mass is 32.2. The van der Waals surface area contributed by atoms with Gasteiger partial charge in [0.1, 0.15) is 11.6 Å². The summed E-state index contributed by atoms with van der Waals surface area (Å²) in [6.07, 6.45) is 0.